The van der Waals surface area contributed by atoms with Crippen molar-refractivity contribution in [2.24, 2.45) is 7.05 Å². The second-order valence-corrected chi connectivity index (χ2v) is 4.22. The molecule has 0 spiro atoms. The highest BCUT2D eigenvalue weighted by Gasteiger charge is 2.11. The van der Waals surface area contributed by atoms with Crippen molar-refractivity contribution in [3.8, 4) is 5.75 Å². The first-order chi connectivity index (χ1) is 8.59. The summed E-state index contributed by atoms with van der Waals surface area (Å²) < 4.78 is 15.0. The van der Waals surface area contributed by atoms with Crippen molar-refractivity contribution in [1.82, 2.24) is 4.57 Å². The lowest BCUT2D eigenvalue weighted by Gasteiger charge is -2.10. The summed E-state index contributed by atoms with van der Waals surface area (Å²) in [5.41, 5.74) is 0.911. The van der Waals surface area contributed by atoms with Gasteiger partial charge in [0.2, 0.25) is 5.43 Å². The van der Waals surface area contributed by atoms with Gasteiger partial charge in [0, 0.05) is 12.4 Å². The van der Waals surface area contributed by atoms with Crippen LogP contribution in [0.15, 0.2) is 41.2 Å². The Bertz CT molecular complexity index is 836. The molecule has 0 saturated carbocycles. The molecule has 3 rings (SSSR count). The molecule has 0 radical (unpaired) electrons. The second kappa shape index (κ2) is 3.57. The maximum atomic E-state index is 13.2. The van der Waals surface area contributed by atoms with Crippen LogP contribution >= 0.6 is 0 Å². The Morgan fingerprint density at radius 3 is 2.72 bits per heavy atom. The number of nitrogens with zero attached hydrogens (tertiary/aromatic N) is 1. The molecule has 0 bridgehead atoms. The minimum Gasteiger partial charge on any atom is -0.507 e. The number of benzene rings is 2. The maximum Gasteiger partial charge on any atom is 0.201 e. The molecule has 2 aromatic carbocycles. The van der Waals surface area contributed by atoms with Crippen molar-refractivity contribution in [1.29, 1.82) is 0 Å². The van der Waals surface area contributed by atoms with Crippen LogP contribution in [0.4, 0.5) is 4.39 Å². The van der Waals surface area contributed by atoms with Crippen LogP contribution in [0.1, 0.15) is 0 Å². The van der Waals surface area contributed by atoms with E-state index < -0.39 is 5.82 Å². The zero-order valence-electron chi connectivity index (χ0n) is 9.64. The SMILES string of the molecule is Cn1c2ccc(F)cc2c(=O)c2c(O)cccc21. The third-order valence-corrected chi connectivity index (χ3v) is 3.17. The van der Waals surface area contributed by atoms with E-state index in [1.165, 1.54) is 18.2 Å². The molecule has 1 heterocycles. The number of hydrogen-bond acceptors (Lipinski definition) is 2. The van der Waals surface area contributed by atoms with Gasteiger partial charge in [-0.05, 0) is 30.3 Å². The quantitative estimate of drug-likeness (QED) is 0.616. The van der Waals surface area contributed by atoms with Crippen LogP contribution in [0.25, 0.3) is 21.8 Å². The largest absolute Gasteiger partial charge is 0.507 e. The lowest BCUT2D eigenvalue weighted by Crippen LogP contribution is -2.09. The summed E-state index contributed by atoms with van der Waals surface area (Å²) in [5.74, 6) is -0.548. The van der Waals surface area contributed by atoms with Gasteiger partial charge in [-0.15, -0.1) is 0 Å². The lowest BCUT2D eigenvalue weighted by molar-refractivity contribution is 0.481. The van der Waals surface area contributed by atoms with Gasteiger partial charge in [-0.2, -0.15) is 0 Å². The molecule has 1 aromatic heterocycles. The molecule has 3 nitrogen and oxygen atoms in total. The number of aryl methyl sites for hydroxylation is 1. The average Bonchev–Trinajstić information content (AvgIpc) is 2.35. The van der Waals surface area contributed by atoms with E-state index in [0.717, 1.165) is 0 Å². The van der Waals surface area contributed by atoms with Gasteiger partial charge < -0.3 is 9.67 Å². The summed E-state index contributed by atoms with van der Waals surface area (Å²) in [7, 11) is 1.78. The predicted octanol–water partition coefficient (Wildman–Crippen LogP) is 2.54. The third-order valence-electron chi connectivity index (χ3n) is 3.17. The number of fused-ring (bicyclic) bond motifs is 2. The Labute approximate surface area is 102 Å². The van der Waals surface area contributed by atoms with Crippen LogP contribution in [0.2, 0.25) is 0 Å². The van der Waals surface area contributed by atoms with Gasteiger partial charge in [-0.3, -0.25) is 4.79 Å². The van der Waals surface area contributed by atoms with Gasteiger partial charge in [0.1, 0.15) is 11.6 Å². The highest BCUT2D eigenvalue weighted by Crippen LogP contribution is 2.24. The minimum absolute atomic E-state index is 0.0840. The number of aromatic nitrogens is 1. The first-order valence-corrected chi connectivity index (χ1v) is 5.49. The molecule has 0 aliphatic rings. The highest BCUT2D eigenvalue weighted by atomic mass is 19.1. The summed E-state index contributed by atoms with van der Waals surface area (Å²) in [6.45, 7) is 0. The fraction of sp³-hybridized carbons (Fsp3) is 0.0714. The van der Waals surface area contributed by atoms with Crippen LogP contribution in [0, 0.1) is 5.82 Å². The van der Waals surface area contributed by atoms with Crippen LogP contribution in [0.3, 0.4) is 0 Å². The molecule has 0 saturated heterocycles. The average molecular weight is 243 g/mol. The molecule has 0 aliphatic carbocycles. The van der Waals surface area contributed by atoms with Gasteiger partial charge in [-0.25, -0.2) is 4.39 Å². The summed E-state index contributed by atoms with van der Waals surface area (Å²) in [4.78, 5) is 12.3. The van der Waals surface area contributed by atoms with Crippen molar-refractivity contribution in [2.75, 3.05) is 0 Å². The molecule has 18 heavy (non-hydrogen) atoms. The molecule has 1 N–H and O–H groups in total. The number of aromatic hydroxyl groups is 1. The predicted molar refractivity (Wildman–Crippen MR) is 68.3 cm³/mol. The first-order valence-electron chi connectivity index (χ1n) is 5.49. The highest BCUT2D eigenvalue weighted by molar-refractivity contribution is 5.96. The molecule has 90 valence electrons. The molecule has 3 aromatic rings. The topological polar surface area (TPSA) is 42.2 Å². The Balaban J connectivity index is 2.71. The smallest absolute Gasteiger partial charge is 0.201 e. The Kier molecular flexibility index (Phi) is 2.13. The lowest BCUT2D eigenvalue weighted by atomic mass is 10.1. The number of halogens is 1. The zero-order valence-corrected chi connectivity index (χ0v) is 9.64. The van der Waals surface area contributed by atoms with E-state index in [1.54, 1.807) is 29.8 Å². The Hall–Kier alpha value is -2.36. The van der Waals surface area contributed by atoms with Crippen LogP contribution in [-0.4, -0.2) is 9.67 Å². The van der Waals surface area contributed by atoms with Crippen LogP contribution < -0.4 is 5.43 Å². The third kappa shape index (κ3) is 1.32. The molecule has 4 heteroatoms. The number of hydrogen-bond donors (Lipinski definition) is 1. The van der Waals surface area contributed by atoms with Crippen molar-refractivity contribution < 1.29 is 9.50 Å². The summed E-state index contributed by atoms with van der Waals surface area (Å²) in [6.07, 6.45) is 0. The van der Waals surface area contributed by atoms with E-state index in [9.17, 15) is 14.3 Å². The van der Waals surface area contributed by atoms with Gasteiger partial charge in [0.15, 0.2) is 0 Å². The number of phenolic OH excluding ortho intramolecular Hbond substituents is 1. The normalized spacial score (nSPS) is 11.2. The van der Waals surface area contributed by atoms with Crippen molar-refractivity contribution in [3.05, 3.63) is 52.4 Å². The van der Waals surface area contributed by atoms with E-state index in [-0.39, 0.29) is 22.0 Å². The molecule has 0 fully saturated rings. The molecular formula is C14H10FNO2. The first kappa shape index (κ1) is 10.8. The van der Waals surface area contributed by atoms with Crippen LogP contribution in [0.5, 0.6) is 5.75 Å². The minimum atomic E-state index is -0.464. The Morgan fingerprint density at radius 2 is 1.94 bits per heavy atom. The fourth-order valence-corrected chi connectivity index (χ4v) is 2.29. The van der Waals surface area contributed by atoms with E-state index in [2.05, 4.69) is 0 Å². The molecule has 0 unspecified atom stereocenters. The summed E-state index contributed by atoms with van der Waals surface area (Å²) >= 11 is 0. The van der Waals surface area contributed by atoms with E-state index in [1.807, 2.05) is 0 Å². The fourth-order valence-electron chi connectivity index (χ4n) is 2.29. The van der Waals surface area contributed by atoms with E-state index in [4.69, 9.17) is 0 Å². The van der Waals surface area contributed by atoms with Crippen molar-refractivity contribution in [3.63, 3.8) is 0 Å². The second-order valence-electron chi connectivity index (χ2n) is 4.22. The standard InChI is InChI=1S/C14H10FNO2/c1-16-10-6-5-8(15)7-9(10)14(18)13-11(16)3-2-4-12(13)17/h2-7,17H,1H3. The van der Waals surface area contributed by atoms with Gasteiger partial charge in [-0.1, -0.05) is 6.07 Å². The summed E-state index contributed by atoms with van der Waals surface area (Å²) in [6, 6.07) is 8.95. The summed E-state index contributed by atoms with van der Waals surface area (Å²) in [5, 5.41) is 10.3. The molecule has 0 atom stereocenters. The van der Waals surface area contributed by atoms with E-state index in [0.29, 0.717) is 11.0 Å². The van der Waals surface area contributed by atoms with Crippen LogP contribution in [-0.2, 0) is 7.05 Å². The van der Waals surface area contributed by atoms with E-state index >= 15 is 0 Å². The molecular weight excluding hydrogens is 233 g/mol. The maximum absolute atomic E-state index is 13.2. The van der Waals surface area contributed by atoms with Gasteiger partial charge in [0.05, 0.1) is 16.4 Å². The van der Waals surface area contributed by atoms with Gasteiger partial charge in [0.25, 0.3) is 0 Å². The number of pyridine rings is 1. The monoisotopic (exact) mass is 243 g/mol. The Morgan fingerprint density at radius 1 is 1.17 bits per heavy atom. The molecule has 0 amide bonds. The number of rotatable bonds is 0. The molecule has 0 aliphatic heterocycles. The van der Waals surface area contributed by atoms with Crippen molar-refractivity contribution >= 4 is 21.8 Å². The zero-order chi connectivity index (χ0) is 12.9. The number of phenols is 1. The van der Waals surface area contributed by atoms with Crippen molar-refractivity contribution in [2.45, 2.75) is 0 Å². The van der Waals surface area contributed by atoms with Gasteiger partial charge >= 0.3 is 0 Å².